The van der Waals surface area contributed by atoms with E-state index in [1.165, 1.54) is 212 Å². The summed E-state index contributed by atoms with van der Waals surface area (Å²) in [5.74, 6) is -0.874. The normalized spacial score (nSPS) is 12.2. The van der Waals surface area contributed by atoms with E-state index in [0.29, 0.717) is 19.3 Å². The maximum Gasteiger partial charge on any atom is 0.306 e. The van der Waals surface area contributed by atoms with E-state index in [2.05, 4.69) is 57.2 Å². The summed E-state index contributed by atoms with van der Waals surface area (Å²) in [6, 6.07) is 0. The number of carbonyl (C=O) groups is 3. The summed E-state index contributed by atoms with van der Waals surface area (Å²) in [6.07, 6.45) is 71.4. The molecule has 0 fully saturated rings. The molecule has 6 heteroatoms. The van der Waals surface area contributed by atoms with E-state index >= 15 is 0 Å². The van der Waals surface area contributed by atoms with Gasteiger partial charge < -0.3 is 14.2 Å². The number of rotatable bonds is 57. The first-order chi connectivity index (χ1) is 34.5. The van der Waals surface area contributed by atoms with E-state index in [9.17, 15) is 14.4 Å². The highest BCUT2D eigenvalue weighted by Gasteiger charge is 2.19. The molecular weight excluding hydrogens is 865 g/mol. The summed E-state index contributed by atoms with van der Waals surface area (Å²) in [5, 5.41) is 0. The van der Waals surface area contributed by atoms with Crippen LogP contribution in [0.25, 0.3) is 0 Å². The van der Waals surface area contributed by atoms with Crippen LogP contribution < -0.4 is 0 Å². The van der Waals surface area contributed by atoms with Gasteiger partial charge in [-0.1, -0.05) is 295 Å². The van der Waals surface area contributed by atoms with Gasteiger partial charge in [-0.15, -0.1) is 0 Å². The summed E-state index contributed by atoms with van der Waals surface area (Å²) in [6.45, 7) is 6.65. The largest absolute Gasteiger partial charge is 0.462 e. The molecule has 0 bridgehead atoms. The summed E-state index contributed by atoms with van der Waals surface area (Å²) in [4.78, 5) is 38.3. The van der Waals surface area contributed by atoms with Gasteiger partial charge in [0.15, 0.2) is 6.10 Å². The molecule has 0 aliphatic rings. The molecular formula is C64H118O6. The fourth-order valence-corrected chi connectivity index (χ4v) is 9.22. The Labute approximate surface area is 435 Å². The van der Waals surface area contributed by atoms with Crippen molar-refractivity contribution in [3.8, 4) is 0 Å². The topological polar surface area (TPSA) is 78.9 Å². The Balaban J connectivity index is 4.35. The van der Waals surface area contributed by atoms with Gasteiger partial charge in [-0.2, -0.15) is 0 Å². The number of hydrogen-bond donors (Lipinski definition) is 0. The van der Waals surface area contributed by atoms with Crippen molar-refractivity contribution in [1.29, 1.82) is 0 Å². The summed E-state index contributed by atoms with van der Waals surface area (Å²) >= 11 is 0. The molecule has 0 rings (SSSR count). The highest BCUT2D eigenvalue weighted by Crippen LogP contribution is 2.17. The molecule has 6 nitrogen and oxygen atoms in total. The van der Waals surface area contributed by atoms with Crippen LogP contribution in [0.3, 0.4) is 0 Å². The van der Waals surface area contributed by atoms with E-state index < -0.39 is 6.10 Å². The third kappa shape index (κ3) is 56.5. The van der Waals surface area contributed by atoms with E-state index in [1.54, 1.807) is 0 Å². The Morgan fingerprint density at radius 2 is 0.514 bits per heavy atom. The van der Waals surface area contributed by atoms with Gasteiger partial charge in [-0.3, -0.25) is 14.4 Å². The van der Waals surface area contributed by atoms with Crippen LogP contribution in [0.2, 0.25) is 0 Å². The van der Waals surface area contributed by atoms with Crippen molar-refractivity contribution in [1.82, 2.24) is 0 Å². The third-order valence-electron chi connectivity index (χ3n) is 13.9. The zero-order valence-corrected chi connectivity index (χ0v) is 47.1. The molecule has 0 heterocycles. The van der Waals surface area contributed by atoms with Crippen LogP contribution in [-0.2, 0) is 28.6 Å². The van der Waals surface area contributed by atoms with Crippen LogP contribution in [0.4, 0.5) is 0 Å². The van der Waals surface area contributed by atoms with Crippen LogP contribution >= 0.6 is 0 Å². The lowest BCUT2D eigenvalue weighted by atomic mass is 10.0. The minimum atomic E-state index is -0.780. The van der Waals surface area contributed by atoms with E-state index in [-0.39, 0.29) is 31.1 Å². The molecule has 0 saturated carbocycles. The number of esters is 3. The number of allylic oxidation sites excluding steroid dienone is 6. The molecule has 70 heavy (non-hydrogen) atoms. The predicted octanol–water partition coefficient (Wildman–Crippen LogP) is 20.8. The van der Waals surface area contributed by atoms with Crippen LogP contribution in [0.5, 0.6) is 0 Å². The van der Waals surface area contributed by atoms with Crippen molar-refractivity contribution >= 4 is 17.9 Å². The molecule has 1 atom stereocenters. The van der Waals surface area contributed by atoms with Gasteiger partial charge >= 0.3 is 17.9 Å². The van der Waals surface area contributed by atoms with Gasteiger partial charge in [0.05, 0.1) is 0 Å². The average molecular weight is 984 g/mol. The van der Waals surface area contributed by atoms with E-state index in [4.69, 9.17) is 14.2 Å². The quantitative estimate of drug-likeness (QED) is 0.0261. The zero-order chi connectivity index (χ0) is 50.7. The van der Waals surface area contributed by atoms with E-state index in [1.807, 2.05) is 0 Å². The van der Waals surface area contributed by atoms with E-state index in [0.717, 1.165) is 83.5 Å². The van der Waals surface area contributed by atoms with Crippen LogP contribution in [0.1, 0.15) is 335 Å². The number of ether oxygens (including phenoxy) is 3. The Morgan fingerprint density at radius 3 is 0.829 bits per heavy atom. The smallest absolute Gasteiger partial charge is 0.306 e. The van der Waals surface area contributed by atoms with Crippen LogP contribution in [-0.4, -0.2) is 37.2 Å². The van der Waals surface area contributed by atoms with Crippen molar-refractivity contribution in [2.75, 3.05) is 13.2 Å². The first-order valence-electron chi connectivity index (χ1n) is 31.0. The number of hydrogen-bond acceptors (Lipinski definition) is 6. The minimum absolute atomic E-state index is 0.0761. The van der Waals surface area contributed by atoms with Crippen LogP contribution in [0, 0.1) is 0 Å². The second kappa shape index (κ2) is 59.2. The molecule has 0 N–H and O–H groups in total. The fourth-order valence-electron chi connectivity index (χ4n) is 9.22. The van der Waals surface area contributed by atoms with Gasteiger partial charge in [-0.05, 0) is 57.8 Å². The zero-order valence-electron chi connectivity index (χ0n) is 47.1. The third-order valence-corrected chi connectivity index (χ3v) is 13.9. The number of carbonyl (C=O) groups excluding carboxylic acids is 3. The predicted molar refractivity (Wildman–Crippen MR) is 302 cm³/mol. The fraction of sp³-hybridized carbons (Fsp3) is 0.859. The Morgan fingerprint density at radius 1 is 0.286 bits per heavy atom. The second-order valence-corrected chi connectivity index (χ2v) is 21.0. The summed E-state index contributed by atoms with van der Waals surface area (Å²) < 4.78 is 16.9. The molecule has 0 amide bonds. The van der Waals surface area contributed by atoms with Crippen molar-refractivity contribution in [3.05, 3.63) is 36.5 Å². The Bertz CT molecular complexity index is 1170. The van der Waals surface area contributed by atoms with Crippen molar-refractivity contribution in [2.45, 2.75) is 341 Å². The average Bonchev–Trinajstić information content (AvgIpc) is 3.36. The number of unbranched alkanes of at least 4 members (excludes halogenated alkanes) is 40. The Kier molecular flexibility index (Phi) is 57.2. The van der Waals surface area contributed by atoms with Crippen molar-refractivity contribution in [2.24, 2.45) is 0 Å². The molecule has 0 spiro atoms. The monoisotopic (exact) mass is 983 g/mol. The van der Waals surface area contributed by atoms with Crippen molar-refractivity contribution < 1.29 is 28.6 Å². The molecule has 0 unspecified atom stereocenters. The molecule has 0 aromatic carbocycles. The molecule has 0 aliphatic carbocycles. The van der Waals surface area contributed by atoms with Gasteiger partial charge in [0, 0.05) is 19.3 Å². The molecule has 0 saturated heterocycles. The maximum atomic E-state index is 12.9. The van der Waals surface area contributed by atoms with Gasteiger partial charge in [0.25, 0.3) is 0 Å². The van der Waals surface area contributed by atoms with Gasteiger partial charge in [0.1, 0.15) is 13.2 Å². The lowest BCUT2D eigenvalue weighted by molar-refractivity contribution is -0.167. The SMILES string of the molecule is CCCCC/C=C/C/C=C/C/C=C/CCCCCCC(=O)O[C@H](COC(=O)CCCCCCCCCCCCCCCCCC)COC(=O)CCCCCCCCCCCCCCCCCCCCC. The van der Waals surface area contributed by atoms with Gasteiger partial charge in [-0.25, -0.2) is 0 Å². The molecule has 0 aromatic rings. The highest BCUT2D eigenvalue weighted by atomic mass is 16.6. The van der Waals surface area contributed by atoms with Crippen LogP contribution in [0.15, 0.2) is 36.5 Å². The molecule has 0 radical (unpaired) electrons. The lowest BCUT2D eigenvalue weighted by Crippen LogP contribution is -2.30. The molecule has 0 aromatic heterocycles. The minimum Gasteiger partial charge on any atom is -0.462 e. The first-order valence-corrected chi connectivity index (χ1v) is 31.0. The highest BCUT2D eigenvalue weighted by molar-refractivity contribution is 5.71. The van der Waals surface area contributed by atoms with Gasteiger partial charge in [0.2, 0.25) is 0 Å². The molecule has 0 aliphatic heterocycles. The lowest BCUT2D eigenvalue weighted by Gasteiger charge is -2.18. The second-order valence-electron chi connectivity index (χ2n) is 21.0. The first kappa shape index (κ1) is 67.6. The summed E-state index contributed by atoms with van der Waals surface area (Å²) in [7, 11) is 0. The van der Waals surface area contributed by atoms with Crippen molar-refractivity contribution in [3.63, 3.8) is 0 Å². The Hall–Kier alpha value is -2.37. The maximum absolute atomic E-state index is 12.9. The summed E-state index contributed by atoms with van der Waals surface area (Å²) in [5.41, 5.74) is 0. The standard InChI is InChI=1S/C64H118O6/c1-4-7-10-13-16-19-22-25-28-31-32-34-36-39-42-45-48-51-54-57-63(66)69-60-61(59-68-62(65)56-53-50-47-44-41-38-35-30-27-24-21-18-15-12-9-6-3)70-64(67)58-55-52-49-46-43-40-37-33-29-26-23-20-17-14-11-8-5-2/h17,20,26,29,37,40,61H,4-16,18-19,21-25,27-28,30-36,38-39,41-60H2,1-3H3/b20-17+,29-26+,40-37+/t61-/m1/s1. The molecule has 410 valence electrons.